The first-order chi connectivity index (χ1) is 10.0. The molecular formula is C16H22N2O2S. The zero-order valence-electron chi connectivity index (χ0n) is 12.9. The largest absolute Gasteiger partial charge is 0.496 e. The molecule has 0 bridgehead atoms. The van der Waals surface area contributed by atoms with Gasteiger partial charge in [-0.15, -0.1) is 0 Å². The second-order valence-corrected chi connectivity index (χ2v) is 6.51. The predicted molar refractivity (Wildman–Crippen MR) is 87.8 cm³/mol. The van der Waals surface area contributed by atoms with Crippen molar-refractivity contribution >= 4 is 22.8 Å². The highest BCUT2D eigenvalue weighted by Gasteiger charge is 2.28. The SMILES string of the molecule is COc1ccccc1[C@H](C)N=C1NC(=O)C(C(C)C)CS1. The molecule has 0 saturated carbocycles. The molecule has 1 fully saturated rings. The van der Waals surface area contributed by atoms with Gasteiger partial charge in [-0.1, -0.05) is 43.8 Å². The Morgan fingerprint density at radius 1 is 1.33 bits per heavy atom. The molecule has 1 heterocycles. The molecule has 0 radical (unpaired) electrons. The van der Waals surface area contributed by atoms with Crippen molar-refractivity contribution in [3.63, 3.8) is 0 Å². The summed E-state index contributed by atoms with van der Waals surface area (Å²) < 4.78 is 5.36. The Labute approximate surface area is 130 Å². The number of carbonyl (C=O) groups is 1. The van der Waals surface area contributed by atoms with Crippen LogP contribution in [-0.2, 0) is 4.79 Å². The van der Waals surface area contributed by atoms with Gasteiger partial charge in [0, 0.05) is 11.3 Å². The molecular weight excluding hydrogens is 284 g/mol. The van der Waals surface area contributed by atoms with Crippen LogP contribution in [0.5, 0.6) is 5.75 Å². The molecule has 5 heteroatoms. The predicted octanol–water partition coefficient (Wildman–Crippen LogP) is 3.25. The Morgan fingerprint density at radius 2 is 2.05 bits per heavy atom. The van der Waals surface area contributed by atoms with Gasteiger partial charge in [-0.25, -0.2) is 0 Å². The number of thioether (sulfide) groups is 1. The van der Waals surface area contributed by atoms with Crippen molar-refractivity contribution in [2.45, 2.75) is 26.8 Å². The highest BCUT2D eigenvalue weighted by atomic mass is 32.2. The van der Waals surface area contributed by atoms with Crippen LogP contribution in [-0.4, -0.2) is 23.9 Å². The smallest absolute Gasteiger partial charge is 0.230 e. The summed E-state index contributed by atoms with van der Waals surface area (Å²) in [6.07, 6.45) is 0. The van der Waals surface area contributed by atoms with Gasteiger partial charge in [0.2, 0.25) is 5.91 Å². The van der Waals surface area contributed by atoms with Crippen molar-refractivity contribution in [3.8, 4) is 5.75 Å². The summed E-state index contributed by atoms with van der Waals surface area (Å²) in [6, 6.07) is 7.77. The van der Waals surface area contributed by atoms with E-state index >= 15 is 0 Å². The third-order valence-corrected chi connectivity index (χ3v) is 4.68. The van der Waals surface area contributed by atoms with Crippen molar-refractivity contribution in [2.75, 3.05) is 12.9 Å². The molecule has 2 rings (SSSR count). The van der Waals surface area contributed by atoms with E-state index in [-0.39, 0.29) is 17.9 Å². The van der Waals surface area contributed by atoms with Gasteiger partial charge in [0.05, 0.1) is 19.1 Å². The molecule has 21 heavy (non-hydrogen) atoms. The molecule has 4 nitrogen and oxygen atoms in total. The first-order valence-electron chi connectivity index (χ1n) is 7.17. The van der Waals surface area contributed by atoms with Crippen LogP contribution in [0.15, 0.2) is 29.3 Å². The number of rotatable bonds is 4. The lowest BCUT2D eigenvalue weighted by molar-refractivity contribution is -0.124. The number of hydrogen-bond acceptors (Lipinski definition) is 4. The normalized spacial score (nSPS) is 22.2. The lowest BCUT2D eigenvalue weighted by Crippen LogP contribution is -2.42. The van der Waals surface area contributed by atoms with Crippen LogP contribution in [0, 0.1) is 11.8 Å². The Kier molecular flexibility index (Phi) is 5.28. The van der Waals surface area contributed by atoms with E-state index in [1.54, 1.807) is 18.9 Å². The molecule has 1 amide bonds. The van der Waals surface area contributed by atoms with E-state index in [1.807, 2.05) is 31.2 Å². The molecule has 114 valence electrons. The molecule has 2 atom stereocenters. The Bertz CT molecular complexity index is 543. The molecule has 0 aliphatic carbocycles. The first-order valence-corrected chi connectivity index (χ1v) is 8.16. The van der Waals surface area contributed by atoms with Gasteiger partial charge in [-0.2, -0.15) is 0 Å². The molecule has 1 saturated heterocycles. The van der Waals surface area contributed by atoms with Crippen molar-refractivity contribution in [3.05, 3.63) is 29.8 Å². The molecule has 1 aromatic rings. The van der Waals surface area contributed by atoms with Gasteiger partial charge in [-0.3, -0.25) is 9.79 Å². The number of carbonyl (C=O) groups excluding carboxylic acids is 1. The number of amides is 1. The summed E-state index contributed by atoms with van der Waals surface area (Å²) in [5.41, 5.74) is 1.02. The fourth-order valence-electron chi connectivity index (χ4n) is 2.30. The third kappa shape index (κ3) is 3.79. The van der Waals surface area contributed by atoms with Crippen LogP contribution in [0.1, 0.15) is 32.4 Å². The summed E-state index contributed by atoms with van der Waals surface area (Å²) in [5.74, 6) is 2.11. The van der Waals surface area contributed by atoms with Crippen LogP contribution in [0.3, 0.4) is 0 Å². The Hall–Kier alpha value is -1.49. The first kappa shape index (κ1) is 15.9. The molecule has 1 aliphatic heterocycles. The second-order valence-electron chi connectivity index (χ2n) is 5.50. The summed E-state index contributed by atoms with van der Waals surface area (Å²) in [4.78, 5) is 16.7. The highest BCUT2D eigenvalue weighted by Crippen LogP contribution is 2.29. The van der Waals surface area contributed by atoms with Crippen LogP contribution in [0.4, 0.5) is 0 Å². The fourth-order valence-corrected chi connectivity index (χ4v) is 3.58. The van der Waals surface area contributed by atoms with Gasteiger partial charge >= 0.3 is 0 Å². The average Bonchev–Trinajstić information content (AvgIpc) is 2.46. The minimum atomic E-state index is -0.0560. The van der Waals surface area contributed by atoms with Gasteiger partial charge in [0.1, 0.15) is 5.75 Å². The second kappa shape index (κ2) is 6.98. The number of para-hydroxylation sites is 1. The highest BCUT2D eigenvalue weighted by molar-refractivity contribution is 8.14. The number of nitrogens with one attached hydrogen (secondary N) is 1. The maximum Gasteiger partial charge on any atom is 0.230 e. The number of hydrogen-bond donors (Lipinski definition) is 1. The maximum atomic E-state index is 12.1. The number of amidine groups is 1. The van der Waals surface area contributed by atoms with Crippen molar-refractivity contribution in [2.24, 2.45) is 16.8 Å². The Morgan fingerprint density at radius 3 is 2.67 bits per heavy atom. The van der Waals surface area contributed by atoms with Crippen LogP contribution in [0.25, 0.3) is 0 Å². The minimum Gasteiger partial charge on any atom is -0.496 e. The van der Waals surface area contributed by atoms with Crippen LogP contribution in [0.2, 0.25) is 0 Å². The van der Waals surface area contributed by atoms with Crippen LogP contribution < -0.4 is 10.1 Å². The Balaban J connectivity index is 2.12. The van der Waals surface area contributed by atoms with E-state index in [2.05, 4.69) is 24.2 Å². The summed E-state index contributed by atoms with van der Waals surface area (Å²) in [7, 11) is 1.66. The summed E-state index contributed by atoms with van der Waals surface area (Å²) >= 11 is 1.62. The third-order valence-electron chi connectivity index (χ3n) is 3.67. The van der Waals surface area contributed by atoms with E-state index in [0.29, 0.717) is 11.1 Å². The fraction of sp³-hybridized carbons (Fsp3) is 0.500. The molecule has 0 aromatic heterocycles. The maximum absolute atomic E-state index is 12.1. The zero-order valence-corrected chi connectivity index (χ0v) is 13.7. The average molecular weight is 306 g/mol. The van der Waals surface area contributed by atoms with Crippen molar-refractivity contribution in [1.29, 1.82) is 0 Å². The van der Waals surface area contributed by atoms with Gasteiger partial charge in [0.15, 0.2) is 5.17 Å². The summed E-state index contributed by atoms with van der Waals surface area (Å²) in [6.45, 7) is 6.15. The number of benzene rings is 1. The molecule has 1 N–H and O–H groups in total. The van der Waals surface area contributed by atoms with E-state index in [1.165, 1.54) is 0 Å². The van der Waals surface area contributed by atoms with E-state index in [9.17, 15) is 4.79 Å². The minimum absolute atomic E-state index is 0.0560. The standard InChI is InChI=1S/C16H22N2O2S/c1-10(2)13-9-21-16(18-15(13)19)17-11(3)12-7-5-6-8-14(12)20-4/h5-8,10-11,13H,9H2,1-4H3,(H,17,18,19)/t11-,13?/m0/s1. The molecule has 1 aliphatic rings. The molecule has 0 spiro atoms. The number of nitrogens with zero attached hydrogens (tertiary/aromatic N) is 1. The van der Waals surface area contributed by atoms with E-state index in [4.69, 9.17) is 4.74 Å². The van der Waals surface area contributed by atoms with E-state index in [0.717, 1.165) is 17.1 Å². The lowest BCUT2D eigenvalue weighted by Gasteiger charge is -2.26. The monoisotopic (exact) mass is 306 g/mol. The number of ether oxygens (including phenoxy) is 1. The lowest BCUT2D eigenvalue weighted by atomic mass is 9.97. The number of methoxy groups -OCH3 is 1. The van der Waals surface area contributed by atoms with Gasteiger partial charge < -0.3 is 10.1 Å². The van der Waals surface area contributed by atoms with Crippen LogP contribution >= 0.6 is 11.8 Å². The molecule has 1 unspecified atom stereocenters. The zero-order chi connectivity index (χ0) is 15.4. The van der Waals surface area contributed by atoms with E-state index < -0.39 is 0 Å². The topological polar surface area (TPSA) is 50.7 Å². The van der Waals surface area contributed by atoms with Gasteiger partial charge in [-0.05, 0) is 18.9 Å². The summed E-state index contributed by atoms with van der Waals surface area (Å²) in [5, 5.41) is 3.62. The van der Waals surface area contributed by atoms with Crippen molar-refractivity contribution in [1.82, 2.24) is 5.32 Å². The molecule has 1 aromatic carbocycles. The van der Waals surface area contributed by atoms with Gasteiger partial charge in [0.25, 0.3) is 0 Å². The number of aliphatic imine (C=N–C) groups is 1. The van der Waals surface area contributed by atoms with Crippen molar-refractivity contribution < 1.29 is 9.53 Å². The quantitative estimate of drug-likeness (QED) is 0.929.